The van der Waals surface area contributed by atoms with Crippen molar-refractivity contribution in [2.24, 2.45) is 5.92 Å². The third-order valence-corrected chi connectivity index (χ3v) is 6.85. The van der Waals surface area contributed by atoms with Gasteiger partial charge in [-0.3, -0.25) is 0 Å². The van der Waals surface area contributed by atoms with E-state index in [1.807, 2.05) is 4.57 Å². The van der Waals surface area contributed by atoms with Crippen molar-refractivity contribution in [3.8, 4) is 0 Å². The zero-order valence-electron chi connectivity index (χ0n) is 16.7. The van der Waals surface area contributed by atoms with Crippen molar-refractivity contribution in [3.05, 3.63) is 35.3 Å². The van der Waals surface area contributed by atoms with Crippen LogP contribution in [0.1, 0.15) is 67.5 Å². The predicted molar refractivity (Wildman–Crippen MR) is 105 cm³/mol. The molecule has 0 bridgehead atoms. The minimum Gasteiger partial charge on any atom is -0.478 e. The Kier molecular flexibility index (Phi) is 5.13. The van der Waals surface area contributed by atoms with Gasteiger partial charge in [0.1, 0.15) is 5.82 Å². The summed E-state index contributed by atoms with van der Waals surface area (Å²) < 4.78 is 41.9. The van der Waals surface area contributed by atoms with Gasteiger partial charge in [0.25, 0.3) is 5.92 Å². The van der Waals surface area contributed by atoms with E-state index in [1.54, 1.807) is 13.0 Å². The summed E-state index contributed by atoms with van der Waals surface area (Å²) in [5.74, 6) is -3.64. The third kappa shape index (κ3) is 3.77. The molecule has 2 aromatic rings. The minimum atomic E-state index is -2.50. The molecule has 0 radical (unpaired) electrons. The summed E-state index contributed by atoms with van der Waals surface area (Å²) in [5, 5.41) is 13.5. The minimum absolute atomic E-state index is 0.0631. The van der Waals surface area contributed by atoms with Crippen LogP contribution >= 0.6 is 0 Å². The maximum Gasteiger partial charge on any atom is 0.338 e. The second-order valence-corrected chi connectivity index (χ2v) is 8.78. The number of nitrogens with zero attached hydrogens (tertiary/aromatic N) is 1. The average Bonchev–Trinajstić information content (AvgIpc) is 2.91. The zero-order valence-corrected chi connectivity index (χ0v) is 16.7. The lowest BCUT2D eigenvalue weighted by Gasteiger charge is -2.41. The van der Waals surface area contributed by atoms with Crippen LogP contribution in [0.25, 0.3) is 10.9 Å². The van der Waals surface area contributed by atoms with Gasteiger partial charge in [0.2, 0.25) is 0 Å². The van der Waals surface area contributed by atoms with E-state index in [2.05, 4.69) is 12.2 Å². The van der Waals surface area contributed by atoms with E-state index in [9.17, 15) is 23.1 Å². The van der Waals surface area contributed by atoms with Crippen LogP contribution in [0.2, 0.25) is 0 Å². The molecule has 0 saturated heterocycles. The van der Waals surface area contributed by atoms with Crippen molar-refractivity contribution in [2.45, 2.75) is 76.4 Å². The van der Waals surface area contributed by atoms with E-state index >= 15 is 0 Å². The third-order valence-electron chi connectivity index (χ3n) is 6.85. The number of carboxylic acid groups (broad SMARTS) is 1. The number of alkyl halides is 2. The maximum atomic E-state index is 13.7. The van der Waals surface area contributed by atoms with Crippen LogP contribution < -0.4 is 5.32 Å². The van der Waals surface area contributed by atoms with Crippen molar-refractivity contribution in [1.29, 1.82) is 0 Å². The van der Waals surface area contributed by atoms with Crippen LogP contribution in [0.5, 0.6) is 0 Å². The van der Waals surface area contributed by atoms with Crippen molar-refractivity contribution in [2.75, 3.05) is 0 Å². The molecule has 2 aliphatic carbocycles. The highest BCUT2D eigenvalue weighted by molar-refractivity contribution is 6.05. The molecule has 1 aromatic heterocycles. The average molecular weight is 408 g/mol. The van der Waals surface area contributed by atoms with Crippen molar-refractivity contribution >= 4 is 16.9 Å². The van der Waals surface area contributed by atoms with Gasteiger partial charge < -0.3 is 15.0 Å². The molecule has 1 atom stereocenters. The number of rotatable bonds is 5. The fourth-order valence-electron chi connectivity index (χ4n) is 5.30. The number of benzene rings is 1. The van der Waals surface area contributed by atoms with Gasteiger partial charge in [-0.1, -0.05) is 0 Å². The van der Waals surface area contributed by atoms with Crippen LogP contribution in [0.3, 0.4) is 0 Å². The fourth-order valence-corrected chi connectivity index (χ4v) is 5.30. The van der Waals surface area contributed by atoms with Crippen LogP contribution in [0.15, 0.2) is 18.2 Å². The molecular weight excluding hydrogens is 381 g/mol. The summed E-state index contributed by atoms with van der Waals surface area (Å²) in [5.41, 5.74) is 1.54. The van der Waals surface area contributed by atoms with Gasteiger partial charge in [-0.15, -0.1) is 0 Å². The number of fused-ring (bicyclic) bond motifs is 1. The second-order valence-electron chi connectivity index (χ2n) is 8.78. The van der Waals surface area contributed by atoms with Gasteiger partial charge in [-0.25, -0.2) is 18.0 Å². The van der Waals surface area contributed by atoms with Crippen LogP contribution in [0, 0.1) is 18.7 Å². The Bertz CT molecular complexity index is 924. The zero-order chi connectivity index (χ0) is 20.9. The summed E-state index contributed by atoms with van der Waals surface area (Å²) in [6, 6.07) is 4.59. The topological polar surface area (TPSA) is 54.3 Å². The van der Waals surface area contributed by atoms with Gasteiger partial charge in [0, 0.05) is 47.6 Å². The Morgan fingerprint density at radius 3 is 2.45 bits per heavy atom. The summed E-state index contributed by atoms with van der Waals surface area (Å²) >= 11 is 0. The Hall–Kier alpha value is -2.02. The molecule has 158 valence electrons. The standard InChI is InChI=1S/C22H27F3N2O2/c1-12(14-3-6-16(7-4-14)26-17-10-22(24,25)11-17)27-13(2)20(21(28)29)18-9-15(23)5-8-19(18)27/h5,8-9,12,14,16-17,26H,3-4,6-7,10-11H2,1-2H3,(H,28,29)/t12-,14?,16?/m1/s1. The molecule has 0 spiro atoms. The first kappa shape index (κ1) is 20.3. The molecule has 4 nitrogen and oxygen atoms in total. The molecule has 1 aromatic carbocycles. The highest BCUT2D eigenvalue weighted by Crippen LogP contribution is 2.40. The van der Waals surface area contributed by atoms with Crippen molar-refractivity contribution in [3.63, 3.8) is 0 Å². The first-order chi connectivity index (χ1) is 13.7. The second kappa shape index (κ2) is 7.35. The normalized spacial score (nSPS) is 25.7. The number of halogens is 3. The molecule has 0 amide bonds. The number of nitrogens with one attached hydrogen (secondary N) is 1. The molecular formula is C22H27F3N2O2. The molecule has 4 rings (SSSR count). The largest absolute Gasteiger partial charge is 0.478 e. The highest BCUT2D eigenvalue weighted by atomic mass is 19.3. The molecule has 2 N–H and O–H groups in total. The lowest BCUT2D eigenvalue weighted by atomic mass is 9.80. The highest BCUT2D eigenvalue weighted by Gasteiger charge is 2.46. The van der Waals surface area contributed by atoms with E-state index in [0.717, 1.165) is 31.2 Å². The maximum absolute atomic E-state index is 13.7. The summed E-state index contributed by atoms with van der Waals surface area (Å²) in [7, 11) is 0. The lowest BCUT2D eigenvalue weighted by Crippen LogP contribution is -2.52. The van der Waals surface area contributed by atoms with Gasteiger partial charge in [-0.2, -0.15) is 0 Å². The number of hydrogen-bond donors (Lipinski definition) is 2. The van der Waals surface area contributed by atoms with E-state index in [-0.39, 0.29) is 36.5 Å². The molecule has 2 fully saturated rings. The quantitative estimate of drug-likeness (QED) is 0.706. The lowest BCUT2D eigenvalue weighted by molar-refractivity contribution is -0.0957. The number of carbonyl (C=O) groups is 1. The number of hydrogen-bond acceptors (Lipinski definition) is 2. The summed E-state index contributed by atoms with van der Waals surface area (Å²) in [6.45, 7) is 3.87. The number of aromatic nitrogens is 1. The SMILES string of the molecule is Cc1c(C(=O)O)c2cc(F)ccc2n1[C@H](C)C1CCC(NC2CC(F)(F)C2)CC1. The van der Waals surface area contributed by atoms with E-state index in [0.29, 0.717) is 17.0 Å². The molecule has 7 heteroatoms. The monoisotopic (exact) mass is 408 g/mol. The molecule has 2 aliphatic rings. The smallest absolute Gasteiger partial charge is 0.338 e. The molecule has 0 aliphatic heterocycles. The molecule has 2 saturated carbocycles. The van der Waals surface area contributed by atoms with Gasteiger partial charge >= 0.3 is 5.97 Å². The Balaban J connectivity index is 1.49. The summed E-state index contributed by atoms with van der Waals surface area (Å²) in [4.78, 5) is 11.8. The van der Waals surface area contributed by atoms with Crippen LogP contribution in [-0.2, 0) is 0 Å². The van der Waals surface area contributed by atoms with Crippen LogP contribution in [-0.4, -0.2) is 33.6 Å². The Morgan fingerprint density at radius 1 is 1.21 bits per heavy atom. The molecule has 0 unspecified atom stereocenters. The van der Waals surface area contributed by atoms with Crippen molar-refractivity contribution in [1.82, 2.24) is 9.88 Å². The summed E-state index contributed by atoms with van der Waals surface area (Å²) in [6.07, 6.45) is 3.62. The van der Waals surface area contributed by atoms with Gasteiger partial charge in [0.05, 0.1) is 5.56 Å². The predicted octanol–water partition coefficient (Wildman–Crippen LogP) is 5.29. The molecule has 29 heavy (non-hydrogen) atoms. The fraction of sp³-hybridized carbons (Fsp3) is 0.591. The van der Waals surface area contributed by atoms with E-state index < -0.39 is 17.7 Å². The first-order valence-corrected chi connectivity index (χ1v) is 10.3. The van der Waals surface area contributed by atoms with Gasteiger partial charge in [0.15, 0.2) is 0 Å². The van der Waals surface area contributed by atoms with E-state index in [1.165, 1.54) is 12.1 Å². The number of aromatic carboxylic acids is 1. The first-order valence-electron chi connectivity index (χ1n) is 10.3. The Labute approximate surface area is 168 Å². The van der Waals surface area contributed by atoms with Crippen LogP contribution in [0.4, 0.5) is 13.2 Å². The van der Waals surface area contributed by atoms with E-state index in [4.69, 9.17) is 0 Å². The molecule has 1 heterocycles. The number of carboxylic acids is 1. The van der Waals surface area contributed by atoms with Gasteiger partial charge in [-0.05, 0) is 63.6 Å². The van der Waals surface area contributed by atoms with Crippen molar-refractivity contribution < 1.29 is 23.1 Å². The Morgan fingerprint density at radius 2 is 1.86 bits per heavy atom.